The number of aliphatic hydroxyl groups excluding tert-OH is 2. The molecule has 0 aromatic heterocycles. The van der Waals surface area contributed by atoms with Gasteiger partial charge < -0.3 is 25.2 Å². The number of hydrogen-bond donors (Lipinski definition) is 3. The van der Waals surface area contributed by atoms with Crippen LogP contribution in [0.1, 0.15) is 26.3 Å². The van der Waals surface area contributed by atoms with Crippen molar-refractivity contribution in [1.29, 1.82) is 0 Å². The third-order valence-corrected chi connectivity index (χ3v) is 3.84. The lowest BCUT2D eigenvalue weighted by Gasteiger charge is -2.26. The van der Waals surface area contributed by atoms with Gasteiger partial charge in [-0.25, -0.2) is 4.79 Å². The molecule has 1 heterocycles. The van der Waals surface area contributed by atoms with E-state index >= 15 is 0 Å². The number of hydrogen-bond acceptors (Lipinski definition) is 5. The number of carbonyl (C=O) groups excluding carboxylic acids is 2. The third-order valence-electron chi connectivity index (χ3n) is 3.84. The largest absolute Gasteiger partial charge is 0.444 e. The minimum absolute atomic E-state index is 0.0429. The minimum atomic E-state index is -0.970. The molecular weight excluding hydrogens is 324 g/mol. The molecule has 1 aliphatic rings. The van der Waals surface area contributed by atoms with Gasteiger partial charge in [0.05, 0.1) is 12.2 Å². The normalized spacial score (nSPS) is 21.7. The van der Waals surface area contributed by atoms with Crippen LogP contribution in [-0.2, 0) is 16.0 Å². The van der Waals surface area contributed by atoms with E-state index in [-0.39, 0.29) is 19.0 Å². The Kier molecular flexibility index (Phi) is 6.02. The molecule has 25 heavy (non-hydrogen) atoms. The van der Waals surface area contributed by atoms with Crippen molar-refractivity contribution in [3.05, 3.63) is 35.9 Å². The molecule has 2 rings (SSSR count). The van der Waals surface area contributed by atoms with Gasteiger partial charge in [0.25, 0.3) is 0 Å². The molecular formula is C18H26N2O5. The second kappa shape index (κ2) is 7.84. The summed E-state index contributed by atoms with van der Waals surface area (Å²) in [7, 11) is 0. The smallest absolute Gasteiger partial charge is 0.408 e. The summed E-state index contributed by atoms with van der Waals surface area (Å²) >= 11 is 0. The van der Waals surface area contributed by atoms with E-state index in [4.69, 9.17) is 4.74 Å². The number of carbonyl (C=O) groups is 2. The summed E-state index contributed by atoms with van der Waals surface area (Å²) in [5.41, 5.74) is 0.210. The molecule has 0 bridgehead atoms. The van der Waals surface area contributed by atoms with Gasteiger partial charge in [-0.05, 0) is 26.3 Å². The molecule has 7 heteroatoms. The van der Waals surface area contributed by atoms with Crippen LogP contribution >= 0.6 is 0 Å². The number of β-amino-alcohol motifs (C(OH)–C–C–N with tert-alkyl or cyclic N) is 2. The number of alkyl carbamates (subject to hydrolysis) is 1. The molecule has 0 spiro atoms. The molecule has 1 aromatic carbocycles. The minimum Gasteiger partial charge on any atom is -0.444 e. The van der Waals surface area contributed by atoms with Crippen molar-refractivity contribution in [1.82, 2.24) is 10.2 Å². The van der Waals surface area contributed by atoms with E-state index in [9.17, 15) is 19.8 Å². The molecule has 7 nitrogen and oxygen atoms in total. The molecule has 0 saturated carbocycles. The van der Waals surface area contributed by atoms with Crippen molar-refractivity contribution in [3.8, 4) is 0 Å². The van der Waals surface area contributed by atoms with E-state index in [0.29, 0.717) is 6.42 Å². The fourth-order valence-corrected chi connectivity index (χ4v) is 2.67. The van der Waals surface area contributed by atoms with Crippen LogP contribution in [0.5, 0.6) is 0 Å². The van der Waals surface area contributed by atoms with Crippen LogP contribution in [0.4, 0.5) is 4.79 Å². The van der Waals surface area contributed by atoms with Gasteiger partial charge in [0.2, 0.25) is 5.91 Å². The van der Waals surface area contributed by atoms with Crippen molar-refractivity contribution >= 4 is 12.0 Å². The first-order chi connectivity index (χ1) is 11.7. The average Bonchev–Trinajstić information content (AvgIpc) is 2.84. The average molecular weight is 350 g/mol. The topological polar surface area (TPSA) is 99.1 Å². The molecule has 1 fully saturated rings. The van der Waals surface area contributed by atoms with Gasteiger partial charge in [-0.2, -0.15) is 0 Å². The first kappa shape index (κ1) is 19.2. The summed E-state index contributed by atoms with van der Waals surface area (Å²) in [6, 6.07) is 8.47. The summed E-state index contributed by atoms with van der Waals surface area (Å²) in [4.78, 5) is 26.2. The van der Waals surface area contributed by atoms with Crippen molar-refractivity contribution in [3.63, 3.8) is 0 Å². The Morgan fingerprint density at radius 2 is 1.76 bits per heavy atom. The summed E-state index contributed by atoms with van der Waals surface area (Å²) in [6.45, 7) is 5.32. The van der Waals surface area contributed by atoms with Crippen molar-refractivity contribution in [2.24, 2.45) is 0 Å². The predicted molar refractivity (Wildman–Crippen MR) is 91.9 cm³/mol. The fraction of sp³-hybridized carbons (Fsp3) is 0.556. The van der Waals surface area contributed by atoms with Gasteiger partial charge in [-0.15, -0.1) is 0 Å². The Morgan fingerprint density at radius 3 is 2.28 bits per heavy atom. The molecule has 0 aliphatic carbocycles. The summed E-state index contributed by atoms with van der Waals surface area (Å²) in [5, 5.41) is 21.9. The number of aliphatic hydroxyl groups is 2. The maximum Gasteiger partial charge on any atom is 0.408 e. The highest BCUT2D eigenvalue weighted by atomic mass is 16.6. The number of nitrogens with one attached hydrogen (secondary N) is 1. The quantitative estimate of drug-likeness (QED) is 0.742. The molecule has 138 valence electrons. The lowest BCUT2D eigenvalue weighted by molar-refractivity contribution is -0.133. The Morgan fingerprint density at radius 1 is 1.20 bits per heavy atom. The lowest BCUT2D eigenvalue weighted by Crippen LogP contribution is -2.50. The lowest BCUT2D eigenvalue weighted by atomic mass is 10.0. The predicted octanol–water partition coefficient (Wildman–Crippen LogP) is 0.686. The zero-order valence-electron chi connectivity index (χ0n) is 14.8. The first-order valence-corrected chi connectivity index (χ1v) is 8.34. The number of benzene rings is 1. The highest BCUT2D eigenvalue weighted by molar-refractivity contribution is 5.86. The molecule has 3 atom stereocenters. The summed E-state index contributed by atoms with van der Waals surface area (Å²) < 4.78 is 5.24. The van der Waals surface area contributed by atoms with Crippen LogP contribution in [0, 0.1) is 0 Å². The number of amides is 2. The fourth-order valence-electron chi connectivity index (χ4n) is 2.67. The van der Waals surface area contributed by atoms with Gasteiger partial charge in [0.15, 0.2) is 0 Å². The summed E-state index contributed by atoms with van der Waals surface area (Å²) in [5.74, 6) is -0.356. The van der Waals surface area contributed by atoms with E-state index in [1.54, 1.807) is 20.8 Å². The number of ether oxygens (including phenoxy) is 1. The molecule has 1 saturated heterocycles. The second-order valence-corrected chi connectivity index (χ2v) is 7.27. The third kappa shape index (κ3) is 5.72. The molecule has 1 unspecified atom stereocenters. The van der Waals surface area contributed by atoms with Crippen LogP contribution in [0.3, 0.4) is 0 Å². The highest BCUT2D eigenvalue weighted by Crippen LogP contribution is 2.14. The Labute approximate surface area is 147 Å². The Hall–Kier alpha value is -2.12. The molecule has 2 amide bonds. The second-order valence-electron chi connectivity index (χ2n) is 7.27. The van der Waals surface area contributed by atoms with Gasteiger partial charge in [-0.1, -0.05) is 30.3 Å². The van der Waals surface area contributed by atoms with Gasteiger partial charge in [0.1, 0.15) is 11.6 Å². The number of rotatable bonds is 4. The van der Waals surface area contributed by atoms with Crippen molar-refractivity contribution in [2.45, 2.75) is 51.0 Å². The van der Waals surface area contributed by atoms with Crippen LogP contribution in [0.15, 0.2) is 30.3 Å². The Balaban J connectivity index is 2.11. The molecule has 1 aromatic rings. The van der Waals surface area contributed by atoms with Crippen LogP contribution < -0.4 is 5.32 Å². The zero-order valence-corrected chi connectivity index (χ0v) is 14.8. The van der Waals surface area contributed by atoms with E-state index in [1.807, 2.05) is 30.3 Å². The maximum atomic E-state index is 12.8. The van der Waals surface area contributed by atoms with E-state index in [2.05, 4.69) is 5.32 Å². The van der Waals surface area contributed by atoms with Crippen LogP contribution in [0.25, 0.3) is 0 Å². The van der Waals surface area contributed by atoms with Crippen molar-refractivity contribution < 1.29 is 24.5 Å². The first-order valence-electron chi connectivity index (χ1n) is 8.34. The van der Waals surface area contributed by atoms with Crippen LogP contribution in [-0.4, -0.2) is 64.1 Å². The van der Waals surface area contributed by atoms with Gasteiger partial charge >= 0.3 is 6.09 Å². The standard InChI is InChI=1S/C18H26N2O5/c1-18(2,3)25-17(24)19-13(9-12-7-5-4-6-8-12)16(23)20-10-14(21)15(22)11-20/h4-8,13-15,21-22H,9-11H2,1-3H3,(H,19,24)/t13?,14-,15+. The number of likely N-dealkylation sites (tertiary alicyclic amines) is 1. The maximum absolute atomic E-state index is 12.8. The number of nitrogens with zero attached hydrogens (tertiary/aromatic N) is 1. The van der Waals surface area contributed by atoms with Gasteiger partial charge in [-0.3, -0.25) is 4.79 Å². The molecule has 0 radical (unpaired) electrons. The molecule has 1 aliphatic heterocycles. The van der Waals surface area contributed by atoms with E-state index in [1.165, 1.54) is 4.90 Å². The zero-order chi connectivity index (χ0) is 18.6. The van der Waals surface area contributed by atoms with Crippen molar-refractivity contribution in [2.75, 3.05) is 13.1 Å². The SMILES string of the molecule is CC(C)(C)OC(=O)NC(Cc1ccccc1)C(=O)N1C[C@@H](O)[C@@H](O)C1. The highest BCUT2D eigenvalue weighted by Gasteiger charge is 2.36. The van der Waals surface area contributed by atoms with E-state index in [0.717, 1.165) is 5.56 Å². The molecule has 3 N–H and O–H groups in total. The van der Waals surface area contributed by atoms with Crippen LogP contribution in [0.2, 0.25) is 0 Å². The monoisotopic (exact) mass is 350 g/mol. The van der Waals surface area contributed by atoms with Gasteiger partial charge in [0, 0.05) is 19.5 Å². The Bertz CT molecular complexity index is 589. The van der Waals surface area contributed by atoms with E-state index < -0.39 is 29.9 Å². The summed E-state index contributed by atoms with van der Waals surface area (Å²) in [6.07, 6.45) is -2.32.